The first-order chi connectivity index (χ1) is 6.86. The lowest BCUT2D eigenvalue weighted by molar-refractivity contribution is 0.0511. The fraction of sp³-hybridized carbons (Fsp3) is 0.500. The fourth-order valence-electron chi connectivity index (χ4n) is 1.26. The fourth-order valence-corrected chi connectivity index (χ4v) is 1.26. The summed E-state index contributed by atoms with van der Waals surface area (Å²) in [7, 11) is 1.62. The quantitative estimate of drug-likeness (QED) is 0.735. The van der Waals surface area contributed by atoms with E-state index in [1.54, 1.807) is 7.11 Å². The van der Waals surface area contributed by atoms with Gasteiger partial charge in [0.25, 0.3) is 0 Å². The standard InChI is InChI=1S/C12H18O2.H3N/c1-3-4-5-11-6-8-12(9-7-11)14-10-13-2;/h6-9H,3-5,10H2,1-2H3;1H3. The van der Waals surface area contributed by atoms with Crippen LogP contribution in [0.25, 0.3) is 0 Å². The molecule has 86 valence electrons. The van der Waals surface area contributed by atoms with Gasteiger partial charge in [0.2, 0.25) is 0 Å². The maximum Gasteiger partial charge on any atom is 0.188 e. The van der Waals surface area contributed by atoms with Gasteiger partial charge < -0.3 is 15.6 Å². The SMILES string of the molecule is CCCCc1ccc(OCOC)cc1.N. The lowest BCUT2D eigenvalue weighted by atomic mass is 10.1. The summed E-state index contributed by atoms with van der Waals surface area (Å²) in [6.07, 6.45) is 3.64. The van der Waals surface area contributed by atoms with E-state index in [4.69, 9.17) is 9.47 Å². The number of hydrogen-bond acceptors (Lipinski definition) is 3. The summed E-state index contributed by atoms with van der Waals surface area (Å²) in [4.78, 5) is 0. The van der Waals surface area contributed by atoms with E-state index in [-0.39, 0.29) is 6.15 Å². The van der Waals surface area contributed by atoms with Crippen molar-refractivity contribution in [2.75, 3.05) is 13.9 Å². The molecule has 1 rings (SSSR count). The molecular formula is C12H21NO2. The van der Waals surface area contributed by atoms with Crippen molar-refractivity contribution in [2.45, 2.75) is 26.2 Å². The molecule has 0 bridgehead atoms. The van der Waals surface area contributed by atoms with Gasteiger partial charge in [0.05, 0.1) is 0 Å². The number of aryl methyl sites for hydroxylation is 1. The van der Waals surface area contributed by atoms with Crippen LogP contribution in [0, 0.1) is 0 Å². The topological polar surface area (TPSA) is 53.5 Å². The van der Waals surface area contributed by atoms with Crippen molar-refractivity contribution in [3.63, 3.8) is 0 Å². The molecule has 15 heavy (non-hydrogen) atoms. The number of hydrogen-bond donors (Lipinski definition) is 1. The number of rotatable bonds is 6. The average Bonchev–Trinajstić information content (AvgIpc) is 2.25. The molecule has 3 heteroatoms. The van der Waals surface area contributed by atoms with Crippen LogP contribution in [0.15, 0.2) is 24.3 Å². The van der Waals surface area contributed by atoms with Crippen LogP contribution < -0.4 is 10.9 Å². The van der Waals surface area contributed by atoms with Crippen molar-refractivity contribution >= 4 is 0 Å². The molecule has 0 fully saturated rings. The molecule has 0 atom stereocenters. The van der Waals surface area contributed by atoms with Gasteiger partial charge in [0.15, 0.2) is 6.79 Å². The second kappa shape index (κ2) is 8.26. The highest BCUT2D eigenvalue weighted by molar-refractivity contribution is 5.27. The molecule has 0 spiro atoms. The van der Waals surface area contributed by atoms with Gasteiger partial charge in [-0.05, 0) is 30.5 Å². The first kappa shape index (κ1) is 13.9. The van der Waals surface area contributed by atoms with Gasteiger partial charge in [0.1, 0.15) is 5.75 Å². The van der Waals surface area contributed by atoms with Crippen LogP contribution in [0.3, 0.4) is 0 Å². The zero-order chi connectivity index (χ0) is 10.2. The summed E-state index contributed by atoms with van der Waals surface area (Å²) in [6, 6.07) is 8.20. The highest BCUT2D eigenvalue weighted by atomic mass is 16.7. The van der Waals surface area contributed by atoms with Gasteiger partial charge in [-0.3, -0.25) is 0 Å². The Hall–Kier alpha value is -1.06. The Kier molecular flexibility index (Phi) is 7.68. The molecule has 3 nitrogen and oxygen atoms in total. The van der Waals surface area contributed by atoms with Crippen LogP contribution in [0.1, 0.15) is 25.3 Å². The summed E-state index contributed by atoms with van der Waals surface area (Å²) >= 11 is 0. The van der Waals surface area contributed by atoms with Crippen LogP contribution in [0.5, 0.6) is 5.75 Å². The average molecular weight is 211 g/mol. The molecule has 0 radical (unpaired) electrons. The molecule has 0 aliphatic heterocycles. The van der Waals surface area contributed by atoms with Gasteiger partial charge in [-0.2, -0.15) is 0 Å². The van der Waals surface area contributed by atoms with Crippen molar-refractivity contribution in [1.82, 2.24) is 6.15 Å². The Morgan fingerprint density at radius 3 is 2.33 bits per heavy atom. The summed E-state index contributed by atoms with van der Waals surface area (Å²) in [5.74, 6) is 0.868. The Labute approximate surface area is 92.0 Å². The molecule has 0 heterocycles. The second-order valence-corrected chi connectivity index (χ2v) is 3.30. The predicted octanol–water partition coefficient (Wildman–Crippen LogP) is 3.17. The van der Waals surface area contributed by atoms with Crippen LogP contribution in [0.2, 0.25) is 0 Å². The summed E-state index contributed by atoms with van der Waals surface area (Å²) in [5.41, 5.74) is 1.37. The molecule has 0 aliphatic carbocycles. The molecule has 1 aromatic rings. The van der Waals surface area contributed by atoms with Crippen molar-refractivity contribution in [2.24, 2.45) is 0 Å². The van der Waals surface area contributed by atoms with Gasteiger partial charge in [0, 0.05) is 7.11 Å². The van der Waals surface area contributed by atoms with E-state index in [0.717, 1.165) is 12.2 Å². The third kappa shape index (κ3) is 5.40. The number of unbranched alkanes of at least 4 members (excludes halogenated alkanes) is 1. The molecule has 0 saturated heterocycles. The van der Waals surface area contributed by atoms with E-state index >= 15 is 0 Å². The van der Waals surface area contributed by atoms with Gasteiger partial charge in [-0.1, -0.05) is 25.5 Å². The smallest absolute Gasteiger partial charge is 0.188 e. The molecule has 0 amide bonds. The van der Waals surface area contributed by atoms with Crippen LogP contribution >= 0.6 is 0 Å². The Morgan fingerprint density at radius 1 is 1.13 bits per heavy atom. The maximum atomic E-state index is 5.29. The minimum absolute atomic E-state index is 0. The van der Waals surface area contributed by atoms with Gasteiger partial charge >= 0.3 is 0 Å². The first-order valence-electron chi connectivity index (χ1n) is 5.07. The Balaban J connectivity index is 0.00000196. The van der Waals surface area contributed by atoms with E-state index in [1.165, 1.54) is 18.4 Å². The number of methoxy groups -OCH3 is 1. The van der Waals surface area contributed by atoms with Gasteiger partial charge in [-0.15, -0.1) is 0 Å². The minimum Gasteiger partial charge on any atom is -0.468 e. The molecule has 3 N–H and O–H groups in total. The zero-order valence-corrected chi connectivity index (χ0v) is 9.66. The van der Waals surface area contributed by atoms with Crippen LogP contribution in [-0.4, -0.2) is 13.9 Å². The normalized spacial score (nSPS) is 9.47. The van der Waals surface area contributed by atoms with Crippen LogP contribution in [0.4, 0.5) is 0 Å². The molecule has 0 aromatic heterocycles. The lowest BCUT2D eigenvalue weighted by Crippen LogP contribution is -1.98. The maximum absolute atomic E-state index is 5.29. The number of benzene rings is 1. The van der Waals surface area contributed by atoms with E-state index < -0.39 is 0 Å². The number of ether oxygens (including phenoxy) is 2. The van der Waals surface area contributed by atoms with Crippen molar-refractivity contribution in [3.8, 4) is 5.75 Å². The lowest BCUT2D eigenvalue weighted by Gasteiger charge is -2.05. The van der Waals surface area contributed by atoms with Gasteiger partial charge in [-0.25, -0.2) is 0 Å². The molecule has 0 saturated carbocycles. The molecule has 0 aliphatic rings. The predicted molar refractivity (Wildman–Crippen MR) is 62.6 cm³/mol. The van der Waals surface area contributed by atoms with E-state index in [1.807, 2.05) is 12.1 Å². The van der Waals surface area contributed by atoms with Crippen LogP contribution in [-0.2, 0) is 11.2 Å². The monoisotopic (exact) mass is 211 g/mol. The molecular weight excluding hydrogens is 190 g/mol. The Morgan fingerprint density at radius 2 is 1.80 bits per heavy atom. The summed E-state index contributed by atoms with van der Waals surface area (Å²) < 4.78 is 10.1. The van der Waals surface area contributed by atoms with E-state index in [0.29, 0.717) is 6.79 Å². The third-order valence-electron chi connectivity index (χ3n) is 2.09. The van der Waals surface area contributed by atoms with E-state index in [9.17, 15) is 0 Å². The largest absolute Gasteiger partial charge is 0.468 e. The van der Waals surface area contributed by atoms with Crippen molar-refractivity contribution in [3.05, 3.63) is 29.8 Å². The second-order valence-electron chi connectivity index (χ2n) is 3.30. The van der Waals surface area contributed by atoms with Crippen molar-refractivity contribution < 1.29 is 9.47 Å². The third-order valence-corrected chi connectivity index (χ3v) is 2.09. The zero-order valence-electron chi connectivity index (χ0n) is 9.66. The van der Waals surface area contributed by atoms with Crippen molar-refractivity contribution in [1.29, 1.82) is 0 Å². The molecule has 1 aromatic carbocycles. The summed E-state index contributed by atoms with van der Waals surface area (Å²) in [6.45, 7) is 2.52. The highest BCUT2D eigenvalue weighted by Gasteiger charge is 1.94. The molecule has 0 unspecified atom stereocenters. The Bertz CT molecular complexity index is 219. The first-order valence-corrected chi connectivity index (χ1v) is 5.07. The minimum atomic E-state index is 0. The highest BCUT2D eigenvalue weighted by Crippen LogP contribution is 2.13. The van der Waals surface area contributed by atoms with E-state index in [2.05, 4.69) is 19.1 Å². The summed E-state index contributed by atoms with van der Waals surface area (Å²) in [5, 5.41) is 0.